The topological polar surface area (TPSA) is 77.7 Å². The highest BCUT2D eigenvalue weighted by molar-refractivity contribution is 5.77. The van der Waals surface area contributed by atoms with Gasteiger partial charge in [0.15, 0.2) is 5.82 Å². The lowest BCUT2D eigenvalue weighted by atomic mass is 10.2. The van der Waals surface area contributed by atoms with Gasteiger partial charge in [0.25, 0.3) is 0 Å². The smallest absolute Gasteiger partial charge is 0.249 e. The van der Waals surface area contributed by atoms with Crippen LogP contribution in [-0.4, -0.2) is 47.8 Å². The first kappa shape index (κ1) is 18.5. The standard InChI is InChI=1S/C19H25N3O4/c1-24-12-10-18(23)22-11-5-8-16(22)19-20-17(21-26-19)9-13-25-14-15-6-3-2-4-7-15/h2-4,6-7,16H,5,8-14H2,1H3. The molecule has 3 rings (SSSR count). The number of methoxy groups -OCH3 is 1. The molecule has 1 amide bonds. The Morgan fingerprint density at radius 1 is 1.31 bits per heavy atom. The van der Waals surface area contributed by atoms with Crippen LogP contribution in [0.1, 0.15) is 42.6 Å². The van der Waals surface area contributed by atoms with Gasteiger partial charge in [-0.05, 0) is 18.4 Å². The summed E-state index contributed by atoms with van der Waals surface area (Å²) in [6, 6.07) is 9.91. The Hall–Kier alpha value is -2.25. The summed E-state index contributed by atoms with van der Waals surface area (Å²) in [6.07, 6.45) is 2.76. The minimum Gasteiger partial charge on any atom is -0.384 e. The molecule has 0 saturated carbocycles. The van der Waals surface area contributed by atoms with Crippen LogP contribution < -0.4 is 0 Å². The molecule has 26 heavy (non-hydrogen) atoms. The summed E-state index contributed by atoms with van der Waals surface area (Å²) < 4.78 is 16.1. The molecule has 1 aliphatic heterocycles. The Balaban J connectivity index is 1.48. The van der Waals surface area contributed by atoms with Crippen LogP contribution in [0.3, 0.4) is 0 Å². The Kier molecular flexibility index (Phi) is 6.74. The molecule has 140 valence electrons. The second-order valence-electron chi connectivity index (χ2n) is 6.32. The van der Waals surface area contributed by atoms with Crippen LogP contribution in [0.25, 0.3) is 0 Å². The van der Waals surface area contributed by atoms with Crippen LogP contribution in [0.5, 0.6) is 0 Å². The van der Waals surface area contributed by atoms with Crippen LogP contribution in [0.15, 0.2) is 34.9 Å². The third-order valence-corrected chi connectivity index (χ3v) is 4.44. The average molecular weight is 359 g/mol. The van der Waals surface area contributed by atoms with Gasteiger partial charge in [-0.3, -0.25) is 4.79 Å². The lowest BCUT2D eigenvalue weighted by Crippen LogP contribution is -2.31. The molecule has 0 aliphatic carbocycles. The van der Waals surface area contributed by atoms with Crippen LogP contribution >= 0.6 is 0 Å². The van der Waals surface area contributed by atoms with Crippen molar-refractivity contribution in [1.82, 2.24) is 15.0 Å². The third-order valence-electron chi connectivity index (χ3n) is 4.44. The summed E-state index contributed by atoms with van der Waals surface area (Å²) in [4.78, 5) is 18.6. The first-order valence-corrected chi connectivity index (χ1v) is 9.00. The monoisotopic (exact) mass is 359 g/mol. The van der Waals surface area contributed by atoms with Gasteiger partial charge in [0.2, 0.25) is 11.8 Å². The molecule has 7 nitrogen and oxygen atoms in total. The Labute approximate surface area is 153 Å². The van der Waals surface area contributed by atoms with E-state index in [-0.39, 0.29) is 11.9 Å². The number of ether oxygens (including phenoxy) is 2. The van der Waals surface area contributed by atoms with E-state index in [4.69, 9.17) is 14.0 Å². The molecule has 0 radical (unpaired) electrons. The highest BCUT2D eigenvalue weighted by atomic mass is 16.5. The fourth-order valence-corrected chi connectivity index (χ4v) is 3.09. The maximum absolute atomic E-state index is 12.3. The number of hydrogen-bond donors (Lipinski definition) is 0. The van der Waals surface area contributed by atoms with E-state index in [1.807, 2.05) is 35.2 Å². The molecule has 0 spiro atoms. The molecule has 1 aliphatic rings. The molecule has 1 unspecified atom stereocenters. The number of rotatable bonds is 9. The summed E-state index contributed by atoms with van der Waals surface area (Å²) in [5.74, 6) is 1.20. The van der Waals surface area contributed by atoms with Crippen LogP contribution in [-0.2, 0) is 27.3 Å². The van der Waals surface area contributed by atoms with Crippen LogP contribution in [0.4, 0.5) is 0 Å². The number of nitrogens with zero attached hydrogens (tertiary/aromatic N) is 3. The predicted octanol–water partition coefficient (Wildman–Crippen LogP) is 2.53. The van der Waals surface area contributed by atoms with Gasteiger partial charge < -0.3 is 18.9 Å². The van der Waals surface area contributed by atoms with E-state index in [0.717, 1.165) is 24.9 Å². The third kappa shape index (κ3) is 4.89. The van der Waals surface area contributed by atoms with E-state index in [0.29, 0.717) is 44.4 Å². The number of benzene rings is 1. The minimum absolute atomic E-state index is 0.0697. The number of likely N-dealkylation sites (tertiary alicyclic amines) is 1. The van der Waals surface area contributed by atoms with Crippen molar-refractivity contribution in [3.63, 3.8) is 0 Å². The van der Waals surface area contributed by atoms with Crippen molar-refractivity contribution in [3.05, 3.63) is 47.6 Å². The van der Waals surface area contributed by atoms with Crippen molar-refractivity contribution in [2.45, 2.75) is 38.3 Å². The van der Waals surface area contributed by atoms with Gasteiger partial charge >= 0.3 is 0 Å². The van der Waals surface area contributed by atoms with E-state index in [1.54, 1.807) is 7.11 Å². The molecular formula is C19H25N3O4. The second-order valence-corrected chi connectivity index (χ2v) is 6.32. The summed E-state index contributed by atoms with van der Waals surface area (Å²) in [5.41, 5.74) is 1.14. The van der Waals surface area contributed by atoms with E-state index in [9.17, 15) is 4.79 Å². The first-order chi connectivity index (χ1) is 12.8. The van der Waals surface area contributed by atoms with Gasteiger partial charge in [-0.25, -0.2) is 0 Å². The van der Waals surface area contributed by atoms with Crippen LogP contribution in [0, 0.1) is 0 Å². The Morgan fingerprint density at radius 3 is 2.96 bits per heavy atom. The number of carbonyl (C=O) groups is 1. The largest absolute Gasteiger partial charge is 0.384 e. The fourth-order valence-electron chi connectivity index (χ4n) is 3.09. The zero-order valence-electron chi connectivity index (χ0n) is 15.1. The highest BCUT2D eigenvalue weighted by Crippen LogP contribution is 2.31. The van der Waals surface area contributed by atoms with Gasteiger partial charge in [0.1, 0.15) is 6.04 Å². The zero-order valence-corrected chi connectivity index (χ0v) is 15.1. The molecule has 1 aromatic heterocycles. The van der Waals surface area contributed by atoms with Crippen molar-refractivity contribution < 1.29 is 18.8 Å². The van der Waals surface area contributed by atoms with Gasteiger partial charge in [0.05, 0.1) is 26.2 Å². The maximum atomic E-state index is 12.3. The van der Waals surface area contributed by atoms with Gasteiger partial charge in [-0.1, -0.05) is 35.5 Å². The van der Waals surface area contributed by atoms with Crippen molar-refractivity contribution in [1.29, 1.82) is 0 Å². The molecule has 0 N–H and O–H groups in total. The van der Waals surface area contributed by atoms with Crippen molar-refractivity contribution in [2.75, 3.05) is 26.9 Å². The van der Waals surface area contributed by atoms with Crippen molar-refractivity contribution in [2.24, 2.45) is 0 Å². The maximum Gasteiger partial charge on any atom is 0.249 e. The second kappa shape index (κ2) is 9.45. The molecule has 2 aromatic rings. The first-order valence-electron chi connectivity index (χ1n) is 9.00. The van der Waals surface area contributed by atoms with E-state index in [1.165, 1.54) is 0 Å². The summed E-state index contributed by atoms with van der Waals surface area (Å²) >= 11 is 0. The molecule has 1 aromatic carbocycles. The van der Waals surface area contributed by atoms with Crippen LogP contribution in [0.2, 0.25) is 0 Å². The number of aromatic nitrogens is 2. The molecule has 7 heteroatoms. The summed E-state index contributed by atoms with van der Waals surface area (Å²) in [5, 5.41) is 4.03. The Morgan fingerprint density at radius 2 is 2.15 bits per heavy atom. The number of amides is 1. The lowest BCUT2D eigenvalue weighted by Gasteiger charge is -2.21. The normalized spacial score (nSPS) is 17.0. The minimum atomic E-state index is -0.120. The Bertz CT molecular complexity index is 689. The molecule has 2 heterocycles. The van der Waals surface area contributed by atoms with E-state index >= 15 is 0 Å². The quantitative estimate of drug-likeness (QED) is 0.640. The summed E-state index contributed by atoms with van der Waals surface area (Å²) in [7, 11) is 1.60. The van der Waals surface area contributed by atoms with Gasteiger partial charge in [0, 0.05) is 20.1 Å². The molecular weight excluding hydrogens is 334 g/mol. The lowest BCUT2D eigenvalue weighted by molar-refractivity contribution is -0.133. The number of carbonyl (C=O) groups excluding carboxylic acids is 1. The molecule has 1 atom stereocenters. The number of hydrogen-bond acceptors (Lipinski definition) is 6. The highest BCUT2D eigenvalue weighted by Gasteiger charge is 2.33. The molecule has 1 fully saturated rings. The predicted molar refractivity (Wildman–Crippen MR) is 94.3 cm³/mol. The van der Waals surface area contributed by atoms with Crippen molar-refractivity contribution in [3.8, 4) is 0 Å². The van der Waals surface area contributed by atoms with E-state index in [2.05, 4.69) is 10.1 Å². The van der Waals surface area contributed by atoms with Gasteiger partial charge in [-0.15, -0.1) is 0 Å². The molecule has 1 saturated heterocycles. The van der Waals surface area contributed by atoms with Crippen molar-refractivity contribution >= 4 is 5.91 Å². The average Bonchev–Trinajstić information content (AvgIpc) is 3.33. The molecule has 0 bridgehead atoms. The van der Waals surface area contributed by atoms with Gasteiger partial charge in [-0.2, -0.15) is 4.98 Å². The zero-order chi connectivity index (χ0) is 18.2. The fraction of sp³-hybridized carbons (Fsp3) is 0.526. The summed E-state index contributed by atoms with van der Waals surface area (Å²) in [6.45, 7) is 2.24. The van der Waals surface area contributed by atoms with E-state index < -0.39 is 0 Å². The SMILES string of the molecule is COCCC(=O)N1CCCC1c1nc(CCOCc2ccccc2)no1.